The van der Waals surface area contributed by atoms with Crippen molar-refractivity contribution in [3.63, 3.8) is 0 Å². The van der Waals surface area contributed by atoms with Gasteiger partial charge in [0, 0.05) is 52.7 Å². The fraction of sp³-hybridized carbons (Fsp3) is 0.303. The number of allylic oxidation sites excluding steroid dienone is 4. The molecule has 1 aliphatic heterocycles. The molecule has 0 radical (unpaired) electrons. The molecule has 1 amide bonds. The summed E-state index contributed by atoms with van der Waals surface area (Å²) >= 11 is 0. The maximum atomic E-state index is 13.9. The number of pyridine rings is 2. The maximum Gasteiger partial charge on any atom is 0.242 e. The average Bonchev–Trinajstić information content (AvgIpc) is 3.08. The molecule has 1 aromatic carbocycles. The van der Waals surface area contributed by atoms with Gasteiger partial charge in [-0.15, -0.1) is 0 Å². The highest BCUT2D eigenvalue weighted by atomic mass is 16.2. The lowest BCUT2D eigenvalue weighted by Gasteiger charge is -2.37. The third kappa shape index (κ3) is 6.63. The first kappa shape index (κ1) is 26.4. The quantitative estimate of drug-likeness (QED) is 0.324. The zero-order valence-electron chi connectivity index (χ0n) is 22.4. The fourth-order valence-corrected chi connectivity index (χ4v) is 5.61. The van der Waals surface area contributed by atoms with Crippen molar-refractivity contribution in [3.05, 3.63) is 115 Å². The van der Waals surface area contributed by atoms with Gasteiger partial charge in [0.05, 0.1) is 11.9 Å². The minimum absolute atomic E-state index is 0.0227. The van der Waals surface area contributed by atoms with Gasteiger partial charge in [-0.25, -0.2) is 0 Å². The maximum absolute atomic E-state index is 13.9. The van der Waals surface area contributed by atoms with E-state index in [4.69, 9.17) is 4.98 Å². The second-order valence-corrected chi connectivity index (χ2v) is 10.5. The Kier molecular flexibility index (Phi) is 8.51. The Labute approximate surface area is 231 Å². The van der Waals surface area contributed by atoms with Gasteiger partial charge in [0.2, 0.25) is 5.91 Å². The highest BCUT2D eigenvalue weighted by Crippen LogP contribution is 2.38. The van der Waals surface area contributed by atoms with Crippen molar-refractivity contribution in [3.8, 4) is 0 Å². The fourth-order valence-electron chi connectivity index (χ4n) is 5.61. The summed E-state index contributed by atoms with van der Waals surface area (Å²) in [5.74, 6) is -0.0227. The average molecular weight is 520 g/mol. The molecule has 0 spiro atoms. The number of nitrogens with one attached hydrogen (secondary N) is 3. The molecule has 6 heteroatoms. The molecule has 3 aromatic rings. The smallest absolute Gasteiger partial charge is 0.242 e. The molecule has 1 atom stereocenters. The number of benzene rings is 1. The zero-order valence-corrected chi connectivity index (χ0v) is 22.4. The Morgan fingerprint density at radius 1 is 1.05 bits per heavy atom. The summed E-state index contributed by atoms with van der Waals surface area (Å²) in [6.07, 6.45) is 22.4. The molecule has 2 aromatic heterocycles. The van der Waals surface area contributed by atoms with E-state index in [-0.39, 0.29) is 11.3 Å². The van der Waals surface area contributed by atoms with Crippen LogP contribution in [-0.2, 0) is 10.2 Å². The number of carbonyl (C=O) groups excluding carboxylic acids is 1. The molecular formula is C33H37N5O. The van der Waals surface area contributed by atoms with E-state index in [1.807, 2.05) is 67.2 Å². The van der Waals surface area contributed by atoms with Crippen LogP contribution in [0.5, 0.6) is 0 Å². The summed E-state index contributed by atoms with van der Waals surface area (Å²) in [7, 11) is 0. The van der Waals surface area contributed by atoms with E-state index in [1.165, 1.54) is 6.42 Å². The van der Waals surface area contributed by atoms with Crippen LogP contribution in [0.2, 0.25) is 0 Å². The van der Waals surface area contributed by atoms with Crippen LogP contribution in [-0.4, -0.2) is 28.5 Å². The van der Waals surface area contributed by atoms with Crippen molar-refractivity contribution < 1.29 is 4.79 Å². The van der Waals surface area contributed by atoms with E-state index in [9.17, 15) is 4.79 Å². The number of hydrogen-bond donors (Lipinski definition) is 3. The van der Waals surface area contributed by atoms with Crippen molar-refractivity contribution in [2.75, 3.05) is 11.9 Å². The van der Waals surface area contributed by atoms with E-state index in [1.54, 1.807) is 6.20 Å². The van der Waals surface area contributed by atoms with E-state index < -0.39 is 6.04 Å². The Bertz CT molecular complexity index is 1380. The molecular weight excluding hydrogens is 482 g/mol. The highest BCUT2D eigenvalue weighted by Gasteiger charge is 2.36. The Morgan fingerprint density at radius 2 is 1.90 bits per heavy atom. The molecule has 6 nitrogen and oxygen atoms in total. The number of aromatic nitrogens is 2. The van der Waals surface area contributed by atoms with E-state index in [0.717, 1.165) is 65.5 Å². The van der Waals surface area contributed by atoms with Crippen LogP contribution in [0, 0.1) is 0 Å². The zero-order chi connectivity index (χ0) is 26.9. The number of fused-ring (bicyclic) bond motifs is 1. The summed E-state index contributed by atoms with van der Waals surface area (Å²) in [5.41, 5.74) is 3.71. The van der Waals surface area contributed by atoms with Crippen molar-refractivity contribution in [1.82, 2.24) is 20.6 Å². The lowest BCUT2D eigenvalue weighted by atomic mass is 9.71. The summed E-state index contributed by atoms with van der Waals surface area (Å²) in [5, 5.41) is 12.2. The molecule has 1 unspecified atom stereocenters. The van der Waals surface area contributed by atoms with E-state index >= 15 is 0 Å². The lowest BCUT2D eigenvalue weighted by molar-refractivity contribution is -0.122. The lowest BCUT2D eigenvalue weighted by Crippen LogP contribution is -2.47. The second kappa shape index (κ2) is 12.6. The Morgan fingerprint density at radius 3 is 2.74 bits per heavy atom. The van der Waals surface area contributed by atoms with Gasteiger partial charge in [0.1, 0.15) is 6.04 Å². The van der Waals surface area contributed by atoms with E-state index in [2.05, 4.69) is 45.7 Å². The van der Waals surface area contributed by atoms with Crippen LogP contribution in [0.25, 0.3) is 10.8 Å². The van der Waals surface area contributed by atoms with Gasteiger partial charge in [0.15, 0.2) is 0 Å². The minimum atomic E-state index is -0.481. The van der Waals surface area contributed by atoms with Crippen LogP contribution in [0.1, 0.15) is 50.6 Å². The largest absolute Gasteiger partial charge is 0.372 e. The number of rotatable bonds is 8. The molecule has 1 saturated carbocycles. The summed E-state index contributed by atoms with van der Waals surface area (Å²) in [4.78, 5) is 23.1. The third-order valence-electron chi connectivity index (χ3n) is 7.79. The number of carbonyl (C=O) groups is 1. The van der Waals surface area contributed by atoms with Gasteiger partial charge in [-0.3, -0.25) is 14.8 Å². The molecule has 2 aliphatic rings. The highest BCUT2D eigenvalue weighted by molar-refractivity contribution is 5.95. The minimum Gasteiger partial charge on any atom is -0.372 e. The normalized spacial score (nSPS) is 20.7. The Hall–Kier alpha value is -4.19. The molecule has 3 N–H and O–H groups in total. The summed E-state index contributed by atoms with van der Waals surface area (Å²) in [6.45, 7) is 4.62. The van der Waals surface area contributed by atoms with Gasteiger partial charge in [-0.1, -0.05) is 74.4 Å². The van der Waals surface area contributed by atoms with Gasteiger partial charge in [-0.05, 0) is 49.5 Å². The number of amides is 1. The molecule has 1 fully saturated rings. The van der Waals surface area contributed by atoms with Crippen LogP contribution >= 0.6 is 0 Å². The van der Waals surface area contributed by atoms with Gasteiger partial charge < -0.3 is 16.0 Å². The number of anilines is 1. The van der Waals surface area contributed by atoms with Crippen LogP contribution < -0.4 is 16.0 Å². The molecule has 200 valence electrons. The predicted octanol–water partition coefficient (Wildman–Crippen LogP) is 6.32. The monoisotopic (exact) mass is 519 g/mol. The predicted molar refractivity (Wildman–Crippen MR) is 159 cm³/mol. The van der Waals surface area contributed by atoms with Crippen molar-refractivity contribution in [2.24, 2.45) is 0 Å². The topological polar surface area (TPSA) is 78.9 Å². The van der Waals surface area contributed by atoms with Crippen molar-refractivity contribution >= 4 is 22.4 Å². The van der Waals surface area contributed by atoms with Crippen LogP contribution in [0.4, 0.5) is 5.69 Å². The standard InChI is InChI=1S/C33H37N5O/c1-25-12-4-2-5-13-26(21-36-25)20-29(38-30-23-34-22-27-14-6-7-15-28(27)30)32(39)37-24-33(17-9-3-10-18-33)31-16-8-11-19-35-31/h2,4-8,11-12,14-16,19,21-23,29,36,38H,1,3,9-10,13,17-18,20,24H2,(H,37,39)/b5-2-,12-4-,26-21+. The molecule has 0 saturated heterocycles. The first-order valence-electron chi connectivity index (χ1n) is 13.9. The first-order valence-corrected chi connectivity index (χ1v) is 13.9. The molecule has 0 bridgehead atoms. The van der Waals surface area contributed by atoms with Crippen LogP contribution in [0.15, 0.2) is 109 Å². The third-order valence-corrected chi connectivity index (χ3v) is 7.79. The van der Waals surface area contributed by atoms with E-state index in [0.29, 0.717) is 13.0 Å². The van der Waals surface area contributed by atoms with Crippen molar-refractivity contribution in [1.29, 1.82) is 0 Å². The first-order chi connectivity index (χ1) is 19.1. The Balaban J connectivity index is 1.40. The SMILES string of the molecule is C=C1/C=C\C=C/C/C(CC(Nc2cncc3ccccc23)C(=O)NCC2(c3ccccn3)CCCCC2)=C\N1. The second-order valence-electron chi connectivity index (χ2n) is 10.5. The summed E-state index contributed by atoms with van der Waals surface area (Å²) < 4.78 is 0. The van der Waals surface area contributed by atoms with Gasteiger partial charge >= 0.3 is 0 Å². The van der Waals surface area contributed by atoms with Gasteiger partial charge in [-0.2, -0.15) is 0 Å². The molecule has 39 heavy (non-hydrogen) atoms. The molecule has 5 rings (SSSR count). The number of nitrogens with zero attached hydrogens (tertiary/aromatic N) is 2. The van der Waals surface area contributed by atoms with Crippen LogP contribution in [0.3, 0.4) is 0 Å². The molecule has 3 heterocycles. The molecule has 1 aliphatic carbocycles. The number of hydrogen-bond acceptors (Lipinski definition) is 5. The van der Waals surface area contributed by atoms with Crippen molar-refractivity contribution in [2.45, 2.75) is 56.4 Å². The van der Waals surface area contributed by atoms with Gasteiger partial charge in [0.25, 0.3) is 0 Å². The summed E-state index contributed by atoms with van der Waals surface area (Å²) in [6, 6.07) is 13.7.